The highest BCUT2D eigenvalue weighted by molar-refractivity contribution is 9.10. The lowest BCUT2D eigenvalue weighted by Crippen LogP contribution is -2.39. The van der Waals surface area contributed by atoms with Gasteiger partial charge < -0.3 is 18.9 Å². The van der Waals surface area contributed by atoms with E-state index in [1.165, 1.54) is 30.0 Å². The molecule has 1 aromatic heterocycles. The fraction of sp³-hybridized carbons (Fsp3) is 0.219. The summed E-state index contributed by atoms with van der Waals surface area (Å²) >= 11 is 11.2. The van der Waals surface area contributed by atoms with Crippen LogP contribution < -0.4 is 29.1 Å². The van der Waals surface area contributed by atoms with E-state index in [0.717, 1.165) is 11.3 Å². The second kappa shape index (κ2) is 14.3. The Labute approximate surface area is 280 Å². The van der Waals surface area contributed by atoms with E-state index >= 15 is 0 Å². The Morgan fingerprint density at radius 1 is 1.11 bits per heavy atom. The molecule has 0 fully saturated rings. The Morgan fingerprint density at radius 2 is 1.87 bits per heavy atom. The second-order valence-electron chi connectivity index (χ2n) is 9.78. The first-order valence-corrected chi connectivity index (χ1v) is 16.0. The van der Waals surface area contributed by atoms with Crippen molar-refractivity contribution in [1.82, 2.24) is 4.57 Å². The standard InChI is InChI=1S/C32H27BrClN3O8S/c1-4-43-25-10-9-20(15-26(25)44-5-2)28-22(31(39)42-3)16-35-32-36(28)30(38)27(46-32)14-19-12-23(33)29(24(34)13-19)45-17-18-7-6-8-21(11-18)37(40)41/h6-16,28H,4-5,17H2,1-3H3/b27-14-/t28-/m1/s1. The number of rotatable bonds is 11. The predicted molar refractivity (Wildman–Crippen MR) is 177 cm³/mol. The Hall–Kier alpha value is -4.46. The van der Waals surface area contributed by atoms with E-state index in [0.29, 0.717) is 61.0 Å². The maximum Gasteiger partial charge on any atom is 0.337 e. The van der Waals surface area contributed by atoms with Crippen LogP contribution in [0.5, 0.6) is 17.2 Å². The highest BCUT2D eigenvalue weighted by Crippen LogP contribution is 2.36. The number of aromatic nitrogens is 1. The molecule has 0 unspecified atom stereocenters. The lowest BCUT2D eigenvalue weighted by atomic mass is 9.97. The van der Waals surface area contributed by atoms with Crippen LogP contribution in [0, 0.1) is 10.1 Å². The third-order valence-corrected chi connectivity index (χ3v) is 8.70. The molecule has 1 aliphatic heterocycles. The molecular weight excluding hydrogens is 702 g/mol. The van der Waals surface area contributed by atoms with Gasteiger partial charge >= 0.3 is 5.97 Å². The number of hydrogen-bond acceptors (Lipinski definition) is 10. The number of esters is 1. The zero-order chi connectivity index (χ0) is 33.0. The van der Waals surface area contributed by atoms with Gasteiger partial charge in [0.15, 0.2) is 22.0 Å². The van der Waals surface area contributed by atoms with Gasteiger partial charge in [0.2, 0.25) is 0 Å². The van der Waals surface area contributed by atoms with Gasteiger partial charge in [-0.25, -0.2) is 9.79 Å². The zero-order valence-electron chi connectivity index (χ0n) is 24.8. The van der Waals surface area contributed by atoms with E-state index in [2.05, 4.69) is 20.9 Å². The minimum atomic E-state index is -0.833. The predicted octanol–water partition coefficient (Wildman–Crippen LogP) is 5.72. The van der Waals surface area contributed by atoms with Crippen LogP contribution in [0.15, 0.2) is 80.6 Å². The molecule has 1 atom stereocenters. The molecule has 0 bridgehead atoms. The molecule has 5 rings (SSSR count). The van der Waals surface area contributed by atoms with Crippen LogP contribution in [-0.2, 0) is 16.1 Å². The number of methoxy groups -OCH3 is 1. The number of ether oxygens (including phenoxy) is 4. The summed E-state index contributed by atoms with van der Waals surface area (Å²) < 4.78 is 24.8. The van der Waals surface area contributed by atoms with Crippen molar-refractivity contribution in [2.24, 2.45) is 4.99 Å². The van der Waals surface area contributed by atoms with Crippen molar-refractivity contribution >= 4 is 56.6 Å². The Morgan fingerprint density at radius 3 is 2.57 bits per heavy atom. The minimum absolute atomic E-state index is 0.0405. The first-order valence-electron chi connectivity index (χ1n) is 14.0. The van der Waals surface area contributed by atoms with Crippen molar-refractivity contribution in [1.29, 1.82) is 0 Å². The van der Waals surface area contributed by atoms with Crippen LogP contribution in [-0.4, -0.2) is 35.8 Å². The number of nitrogens with zero attached hydrogens (tertiary/aromatic N) is 3. The van der Waals surface area contributed by atoms with E-state index in [1.807, 2.05) is 13.8 Å². The smallest absolute Gasteiger partial charge is 0.337 e. The van der Waals surface area contributed by atoms with Crippen LogP contribution in [0.25, 0.3) is 6.08 Å². The summed E-state index contributed by atoms with van der Waals surface area (Å²) in [4.78, 5) is 42.2. The second-order valence-corrected chi connectivity index (χ2v) is 12.0. The van der Waals surface area contributed by atoms with E-state index in [1.54, 1.807) is 48.5 Å². The molecule has 3 aromatic carbocycles. The summed E-state index contributed by atoms with van der Waals surface area (Å²) in [5, 5.41) is 11.4. The first kappa shape index (κ1) is 32.9. The molecule has 11 nitrogen and oxygen atoms in total. The monoisotopic (exact) mass is 727 g/mol. The first-order chi connectivity index (χ1) is 22.1. The highest BCUT2D eigenvalue weighted by Gasteiger charge is 2.31. The average molecular weight is 729 g/mol. The number of nitro groups is 1. The average Bonchev–Trinajstić information content (AvgIpc) is 3.35. The molecule has 1 aliphatic rings. The van der Waals surface area contributed by atoms with Gasteiger partial charge in [0.05, 0.1) is 50.9 Å². The van der Waals surface area contributed by atoms with E-state index < -0.39 is 16.9 Å². The lowest BCUT2D eigenvalue weighted by Gasteiger charge is -2.23. The third kappa shape index (κ3) is 6.86. The molecule has 0 radical (unpaired) electrons. The molecule has 0 aliphatic carbocycles. The van der Waals surface area contributed by atoms with Gasteiger partial charge in [0.1, 0.15) is 6.61 Å². The number of fused-ring (bicyclic) bond motifs is 1. The van der Waals surface area contributed by atoms with Gasteiger partial charge in [-0.15, -0.1) is 0 Å². The van der Waals surface area contributed by atoms with Crippen molar-refractivity contribution in [3.05, 3.63) is 122 Å². The maximum atomic E-state index is 13.9. The van der Waals surface area contributed by atoms with Crippen molar-refractivity contribution in [3.8, 4) is 17.2 Å². The largest absolute Gasteiger partial charge is 0.490 e. The van der Waals surface area contributed by atoms with Gasteiger partial charge in [-0.05, 0) is 76.8 Å². The Balaban J connectivity index is 1.52. The summed E-state index contributed by atoms with van der Waals surface area (Å²) in [5.74, 6) is 0.753. The molecule has 0 amide bonds. The Kier molecular flexibility index (Phi) is 10.2. The van der Waals surface area contributed by atoms with Gasteiger partial charge in [0, 0.05) is 18.3 Å². The topological polar surface area (TPSA) is 131 Å². The summed E-state index contributed by atoms with van der Waals surface area (Å²) in [6, 6.07) is 14.0. The van der Waals surface area contributed by atoms with Crippen molar-refractivity contribution in [2.45, 2.75) is 26.5 Å². The normalized spacial score (nSPS) is 14.2. The lowest BCUT2D eigenvalue weighted by molar-refractivity contribution is -0.384. The van der Waals surface area contributed by atoms with Crippen LogP contribution in [0.3, 0.4) is 0 Å². The highest BCUT2D eigenvalue weighted by atomic mass is 79.9. The van der Waals surface area contributed by atoms with Gasteiger partial charge in [0.25, 0.3) is 11.2 Å². The maximum absolute atomic E-state index is 13.9. The van der Waals surface area contributed by atoms with Crippen LogP contribution >= 0.6 is 38.9 Å². The molecule has 0 saturated carbocycles. The quantitative estimate of drug-likeness (QED) is 0.109. The molecule has 0 spiro atoms. The molecule has 0 saturated heterocycles. The van der Waals surface area contributed by atoms with Crippen molar-refractivity contribution in [3.63, 3.8) is 0 Å². The van der Waals surface area contributed by atoms with Crippen LogP contribution in [0.1, 0.15) is 36.6 Å². The number of nitro benzene ring substituents is 1. The summed E-state index contributed by atoms with van der Waals surface area (Å²) in [7, 11) is 1.27. The molecule has 14 heteroatoms. The summed E-state index contributed by atoms with van der Waals surface area (Å²) in [5.41, 5.74) is 1.60. The van der Waals surface area contributed by atoms with E-state index in [-0.39, 0.29) is 28.4 Å². The van der Waals surface area contributed by atoms with E-state index in [9.17, 15) is 19.7 Å². The van der Waals surface area contributed by atoms with Gasteiger partial charge in [-0.2, -0.15) is 0 Å². The zero-order valence-corrected chi connectivity index (χ0v) is 28.0. The molecule has 4 aromatic rings. The number of halogens is 2. The summed E-state index contributed by atoms with van der Waals surface area (Å²) in [6.07, 6.45) is 3.09. The van der Waals surface area contributed by atoms with Crippen molar-refractivity contribution < 1.29 is 28.7 Å². The minimum Gasteiger partial charge on any atom is -0.490 e. The fourth-order valence-corrected chi connectivity index (χ4v) is 6.81. The molecule has 238 valence electrons. The van der Waals surface area contributed by atoms with Gasteiger partial charge in [-0.1, -0.05) is 41.1 Å². The number of benzene rings is 3. The SMILES string of the molecule is CCOc1ccc([C@@H]2C(C(=O)OC)=CN=c3s/c(=C\c4cc(Cl)c(OCc5cccc([N+](=O)[O-])c5)c(Br)c4)c(=O)n32)cc1OCC. The number of non-ortho nitro benzene ring substituents is 1. The number of carbonyl (C=O) groups excluding carboxylic acids is 1. The fourth-order valence-electron chi connectivity index (χ4n) is 4.85. The van der Waals surface area contributed by atoms with Gasteiger partial charge in [-0.3, -0.25) is 19.5 Å². The van der Waals surface area contributed by atoms with Crippen LogP contribution in [0.2, 0.25) is 5.02 Å². The Bertz CT molecular complexity index is 2020. The molecule has 46 heavy (non-hydrogen) atoms. The summed E-state index contributed by atoms with van der Waals surface area (Å²) in [6.45, 7) is 4.60. The van der Waals surface area contributed by atoms with Crippen LogP contribution in [0.4, 0.5) is 5.69 Å². The number of thiazole rings is 1. The number of hydrogen-bond donors (Lipinski definition) is 0. The molecule has 0 N–H and O–H groups in total. The molecular formula is C32H27BrClN3O8S. The third-order valence-electron chi connectivity index (χ3n) is 6.83. The number of carbonyl (C=O) groups is 1. The van der Waals surface area contributed by atoms with E-state index in [4.69, 9.17) is 30.5 Å². The molecule has 2 heterocycles. The van der Waals surface area contributed by atoms with Crippen molar-refractivity contribution in [2.75, 3.05) is 20.3 Å².